The van der Waals surface area contributed by atoms with Crippen molar-refractivity contribution in [1.82, 2.24) is 24.8 Å². The van der Waals surface area contributed by atoms with E-state index in [4.69, 9.17) is 4.74 Å². The molecule has 0 fully saturated rings. The van der Waals surface area contributed by atoms with Crippen molar-refractivity contribution in [1.29, 1.82) is 0 Å². The Bertz CT molecular complexity index is 1440. The molecule has 0 bridgehead atoms. The van der Waals surface area contributed by atoms with E-state index in [-0.39, 0.29) is 0 Å². The van der Waals surface area contributed by atoms with Gasteiger partial charge in [0.05, 0.1) is 18.5 Å². The summed E-state index contributed by atoms with van der Waals surface area (Å²) in [5, 5.41) is 18.6. The first kappa shape index (κ1) is 19.9. The van der Waals surface area contributed by atoms with Crippen LogP contribution < -0.4 is 10.1 Å². The lowest BCUT2D eigenvalue weighted by molar-refractivity contribution is 0.415. The molecule has 0 unspecified atom stereocenters. The summed E-state index contributed by atoms with van der Waals surface area (Å²) < 4.78 is 7.18. The van der Waals surface area contributed by atoms with Crippen LogP contribution in [0.5, 0.6) is 5.75 Å². The van der Waals surface area contributed by atoms with E-state index in [1.54, 1.807) is 7.11 Å². The fourth-order valence-corrected chi connectivity index (χ4v) is 5.11. The molecule has 3 aromatic heterocycles. The molecule has 7 nitrogen and oxygen atoms in total. The Morgan fingerprint density at radius 1 is 0.939 bits per heavy atom. The Labute approximate surface area is 195 Å². The average molecular weight is 455 g/mol. The molecular formula is C25H22N6OS. The van der Waals surface area contributed by atoms with Crippen molar-refractivity contribution in [2.24, 2.45) is 0 Å². The summed E-state index contributed by atoms with van der Waals surface area (Å²) >= 11 is 1.54. The Hall–Kier alpha value is -3.78. The van der Waals surface area contributed by atoms with Crippen molar-refractivity contribution in [3.8, 4) is 28.3 Å². The summed E-state index contributed by atoms with van der Waals surface area (Å²) in [6.45, 7) is 0. The molecule has 1 aliphatic rings. The number of anilines is 2. The minimum absolute atomic E-state index is 0.488. The van der Waals surface area contributed by atoms with Gasteiger partial charge in [-0.2, -0.15) is 4.98 Å². The van der Waals surface area contributed by atoms with Crippen molar-refractivity contribution in [2.45, 2.75) is 25.7 Å². The van der Waals surface area contributed by atoms with Crippen LogP contribution in [0.3, 0.4) is 0 Å². The van der Waals surface area contributed by atoms with Gasteiger partial charge in [-0.05, 0) is 67.1 Å². The first-order valence-corrected chi connectivity index (χ1v) is 11.9. The molecular weight excluding hydrogens is 432 g/mol. The number of rotatable bonds is 5. The molecule has 1 N–H and O–H groups in total. The molecule has 2 aromatic carbocycles. The SMILES string of the molecule is COc1cccc(-c2csc3nc(Nc4ccc(-c5ccc6c(c5)CCCC6)nn4)nn23)c1. The molecule has 0 saturated carbocycles. The number of nitrogens with zero attached hydrogens (tertiary/aromatic N) is 5. The average Bonchev–Trinajstić information content (AvgIpc) is 3.44. The lowest BCUT2D eigenvalue weighted by atomic mass is 9.90. The first-order chi connectivity index (χ1) is 16.3. The zero-order valence-electron chi connectivity index (χ0n) is 18.2. The predicted molar refractivity (Wildman–Crippen MR) is 130 cm³/mol. The second-order valence-electron chi connectivity index (χ2n) is 8.10. The molecule has 33 heavy (non-hydrogen) atoms. The Morgan fingerprint density at radius 3 is 2.70 bits per heavy atom. The van der Waals surface area contributed by atoms with Crippen LogP contribution in [0.4, 0.5) is 11.8 Å². The van der Waals surface area contributed by atoms with Crippen LogP contribution in [0, 0.1) is 0 Å². The molecule has 0 aliphatic heterocycles. The highest BCUT2D eigenvalue weighted by Gasteiger charge is 2.14. The van der Waals surface area contributed by atoms with Gasteiger partial charge in [0.1, 0.15) is 5.75 Å². The predicted octanol–water partition coefficient (Wildman–Crippen LogP) is 5.55. The second-order valence-corrected chi connectivity index (χ2v) is 8.94. The van der Waals surface area contributed by atoms with Crippen LogP contribution in [0.2, 0.25) is 0 Å². The third-order valence-corrected chi connectivity index (χ3v) is 6.81. The number of benzene rings is 2. The summed E-state index contributed by atoms with van der Waals surface area (Å²) in [6.07, 6.45) is 4.88. The van der Waals surface area contributed by atoms with Crippen molar-refractivity contribution >= 4 is 28.1 Å². The highest BCUT2D eigenvalue weighted by molar-refractivity contribution is 7.15. The smallest absolute Gasteiger partial charge is 0.249 e. The maximum Gasteiger partial charge on any atom is 0.249 e. The van der Waals surface area contributed by atoms with E-state index in [2.05, 4.69) is 43.8 Å². The molecule has 0 amide bonds. The normalized spacial score (nSPS) is 13.1. The summed E-state index contributed by atoms with van der Waals surface area (Å²) in [6, 6.07) is 18.5. The number of ether oxygens (including phenoxy) is 1. The Kier molecular flexibility index (Phi) is 4.99. The third kappa shape index (κ3) is 3.82. The van der Waals surface area contributed by atoms with Gasteiger partial charge in [0.25, 0.3) is 0 Å². The molecule has 5 aromatic rings. The van der Waals surface area contributed by atoms with E-state index >= 15 is 0 Å². The van der Waals surface area contributed by atoms with E-state index < -0.39 is 0 Å². The summed E-state index contributed by atoms with van der Waals surface area (Å²) in [7, 11) is 1.66. The maximum absolute atomic E-state index is 5.35. The number of aromatic nitrogens is 5. The van der Waals surface area contributed by atoms with Crippen molar-refractivity contribution in [2.75, 3.05) is 12.4 Å². The van der Waals surface area contributed by atoms with Crippen LogP contribution in [-0.2, 0) is 12.8 Å². The fourth-order valence-electron chi connectivity index (χ4n) is 4.28. The number of methoxy groups -OCH3 is 1. The molecule has 0 saturated heterocycles. The lowest BCUT2D eigenvalue weighted by Gasteiger charge is -2.16. The largest absolute Gasteiger partial charge is 0.497 e. The van der Waals surface area contributed by atoms with Gasteiger partial charge in [0.15, 0.2) is 5.82 Å². The fraction of sp³-hybridized carbons (Fsp3) is 0.200. The number of hydrogen-bond donors (Lipinski definition) is 1. The molecule has 6 rings (SSSR count). The van der Waals surface area contributed by atoms with Gasteiger partial charge in [-0.15, -0.1) is 26.6 Å². The summed E-state index contributed by atoms with van der Waals surface area (Å²) in [5.74, 6) is 1.90. The van der Waals surface area contributed by atoms with Crippen molar-refractivity contribution in [3.63, 3.8) is 0 Å². The number of nitrogens with one attached hydrogen (secondary N) is 1. The minimum atomic E-state index is 0.488. The van der Waals surface area contributed by atoms with Gasteiger partial charge in [-0.1, -0.05) is 24.3 Å². The van der Waals surface area contributed by atoms with Crippen molar-refractivity contribution < 1.29 is 4.74 Å². The maximum atomic E-state index is 5.35. The van der Waals surface area contributed by atoms with Crippen LogP contribution in [0.15, 0.2) is 60.0 Å². The summed E-state index contributed by atoms with van der Waals surface area (Å²) in [5.41, 5.74) is 6.87. The molecule has 8 heteroatoms. The number of thiazole rings is 1. The highest BCUT2D eigenvalue weighted by atomic mass is 32.1. The Balaban J connectivity index is 1.23. The van der Waals surface area contributed by atoms with Crippen LogP contribution in [0.25, 0.3) is 27.5 Å². The van der Waals surface area contributed by atoms with Crippen molar-refractivity contribution in [3.05, 3.63) is 71.1 Å². The second kappa shape index (κ2) is 8.29. The van der Waals surface area contributed by atoms with Crippen LogP contribution in [0.1, 0.15) is 24.0 Å². The Morgan fingerprint density at radius 2 is 1.85 bits per heavy atom. The number of fused-ring (bicyclic) bond motifs is 2. The van der Waals surface area contributed by atoms with Gasteiger partial charge in [0, 0.05) is 16.5 Å². The number of aryl methyl sites for hydroxylation is 2. The number of hydrogen-bond acceptors (Lipinski definition) is 7. The monoisotopic (exact) mass is 454 g/mol. The van der Waals surface area contributed by atoms with E-state index in [0.717, 1.165) is 39.6 Å². The van der Waals surface area contributed by atoms with Gasteiger partial charge in [-0.3, -0.25) is 0 Å². The first-order valence-electron chi connectivity index (χ1n) is 11.0. The van der Waals surface area contributed by atoms with Crippen LogP contribution in [-0.4, -0.2) is 31.9 Å². The van der Waals surface area contributed by atoms with E-state index in [1.807, 2.05) is 46.3 Å². The van der Waals surface area contributed by atoms with E-state index in [1.165, 1.54) is 41.7 Å². The molecule has 1 aliphatic carbocycles. The third-order valence-electron chi connectivity index (χ3n) is 6.00. The standard InChI is InChI=1S/C25H22N6OS/c1-32-20-8-4-7-19(14-20)22-15-33-25-27-24(30-31(22)25)26-23-12-11-21(28-29-23)18-10-9-16-5-2-3-6-17(16)13-18/h4,7-15H,2-3,5-6H2,1H3,(H,26,29,30). The zero-order valence-corrected chi connectivity index (χ0v) is 19.0. The molecule has 0 spiro atoms. The van der Waals surface area contributed by atoms with Gasteiger partial charge >= 0.3 is 0 Å². The zero-order chi connectivity index (χ0) is 22.2. The minimum Gasteiger partial charge on any atom is -0.497 e. The lowest BCUT2D eigenvalue weighted by Crippen LogP contribution is -2.03. The summed E-state index contributed by atoms with van der Waals surface area (Å²) in [4.78, 5) is 5.39. The molecule has 3 heterocycles. The highest BCUT2D eigenvalue weighted by Crippen LogP contribution is 2.29. The van der Waals surface area contributed by atoms with E-state index in [0.29, 0.717) is 11.8 Å². The molecule has 0 radical (unpaired) electrons. The quantitative estimate of drug-likeness (QED) is 0.375. The topological polar surface area (TPSA) is 77.2 Å². The van der Waals surface area contributed by atoms with Crippen LogP contribution >= 0.6 is 11.3 Å². The van der Waals surface area contributed by atoms with Gasteiger partial charge in [-0.25, -0.2) is 4.52 Å². The van der Waals surface area contributed by atoms with Gasteiger partial charge < -0.3 is 10.1 Å². The van der Waals surface area contributed by atoms with Gasteiger partial charge in [0.2, 0.25) is 10.9 Å². The molecule has 164 valence electrons. The van der Waals surface area contributed by atoms with E-state index in [9.17, 15) is 0 Å². The molecule has 0 atom stereocenters.